The van der Waals surface area contributed by atoms with Crippen LogP contribution in [0, 0.1) is 11.8 Å². The third kappa shape index (κ3) is 8.53. The fraction of sp³-hybridized carbons (Fsp3) is 0.525. The first-order chi connectivity index (χ1) is 23.8. The number of carbonyl (C=O) groups excluding carboxylic acids is 1. The summed E-state index contributed by atoms with van der Waals surface area (Å²) in [6, 6.07) is 23.3. The first-order valence-electron chi connectivity index (χ1n) is 18.1. The number of quaternary nitrogens is 1. The second-order valence-electron chi connectivity index (χ2n) is 14.6. The maximum absolute atomic E-state index is 12.0. The molecule has 4 atom stereocenters. The molecule has 3 aromatic carbocycles. The van der Waals surface area contributed by atoms with Gasteiger partial charge in [0.1, 0.15) is 30.5 Å². The molecule has 2 bridgehead atoms. The van der Waals surface area contributed by atoms with Crippen LogP contribution in [0.1, 0.15) is 79.8 Å². The number of aliphatic hydroxyl groups is 2. The van der Waals surface area contributed by atoms with Crippen LogP contribution in [0.3, 0.4) is 0 Å². The molecular weight excluding hydrogens is 618 g/mol. The van der Waals surface area contributed by atoms with E-state index in [1.165, 1.54) is 44.8 Å². The van der Waals surface area contributed by atoms with Gasteiger partial charge < -0.3 is 39.9 Å². The predicted octanol–water partition coefficient (Wildman–Crippen LogP) is 5.56. The Hall–Kier alpha value is -3.31. The Morgan fingerprint density at radius 3 is 2.41 bits per heavy atom. The van der Waals surface area contributed by atoms with Gasteiger partial charge in [-0.05, 0) is 60.1 Å². The lowest BCUT2D eigenvalue weighted by atomic mass is 9.80. The van der Waals surface area contributed by atoms with Crippen molar-refractivity contribution in [2.45, 2.75) is 75.9 Å². The Bertz CT molecular complexity index is 1490. The molecule has 9 heteroatoms. The fourth-order valence-electron chi connectivity index (χ4n) is 8.34. The van der Waals surface area contributed by atoms with E-state index in [-0.39, 0.29) is 29.5 Å². The maximum Gasteiger partial charge on any atom is 0.211 e. The number of aromatic hydroxyl groups is 1. The number of hydrogen-bond donors (Lipinski definition) is 5. The highest BCUT2D eigenvalue weighted by atomic mass is 16.5. The van der Waals surface area contributed by atoms with Crippen LogP contribution < -0.4 is 10.6 Å². The Kier molecular flexibility index (Phi) is 11.7. The zero-order chi connectivity index (χ0) is 34.3. The van der Waals surface area contributed by atoms with Crippen molar-refractivity contribution in [3.63, 3.8) is 0 Å². The number of phenolic OH excluding ortho intramolecular Hbond substituents is 1. The normalized spacial score (nSPS) is 24.7. The van der Waals surface area contributed by atoms with Crippen LogP contribution in [0.25, 0.3) is 0 Å². The SMILES string of the molecule is C[C@H](NC[C@H](O)c1ccc(O)c(NC=O)c1)c1ccc(COCC[N+]23CCC(CC2)[C@@H](OC[C@@](O)(c2ccccc2)C2CCCC2)C3)cc1. The van der Waals surface area contributed by atoms with Gasteiger partial charge in [0.05, 0.1) is 44.7 Å². The summed E-state index contributed by atoms with van der Waals surface area (Å²) in [6.07, 6.45) is 6.74. The summed E-state index contributed by atoms with van der Waals surface area (Å²) in [5, 5.41) is 38.4. The summed E-state index contributed by atoms with van der Waals surface area (Å²) < 4.78 is 14.0. The number of piperidine rings is 3. The average molecular weight is 673 g/mol. The van der Waals surface area contributed by atoms with Gasteiger partial charge in [-0.25, -0.2) is 0 Å². The lowest BCUT2D eigenvalue weighted by Crippen LogP contribution is -2.65. The molecule has 5 N–H and O–H groups in total. The second kappa shape index (κ2) is 16.1. The number of amides is 1. The summed E-state index contributed by atoms with van der Waals surface area (Å²) in [4.78, 5) is 10.8. The van der Waals surface area contributed by atoms with E-state index in [2.05, 4.69) is 54.0 Å². The van der Waals surface area contributed by atoms with Crippen molar-refractivity contribution in [3.05, 3.63) is 95.1 Å². The third-order valence-corrected chi connectivity index (χ3v) is 11.6. The molecule has 1 amide bonds. The average Bonchev–Trinajstić information content (AvgIpc) is 3.70. The summed E-state index contributed by atoms with van der Waals surface area (Å²) in [5.41, 5.74) is 3.18. The molecule has 9 nitrogen and oxygen atoms in total. The zero-order valence-electron chi connectivity index (χ0n) is 28.8. The Balaban J connectivity index is 0.949. The van der Waals surface area contributed by atoms with Gasteiger partial charge in [0, 0.05) is 31.3 Å². The minimum atomic E-state index is -0.920. The van der Waals surface area contributed by atoms with E-state index in [9.17, 15) is 20.1 Å². The zero-order valence-corrected chi connectivity index (χ0v) is 28.8. The number of rotatable bonds is 17. The van der Waals surface area contributed by atoms with Crippen LogP contribution in [0.5, 0.6) is 5.75 Å². The Morgan fingerprint density at radius 2 is 1.69 bits per heavy atom. The number of ether oxygens (including phenoxy) is 2. The van der Waals surface area contributed by atoms with Gasteiger partial charge >= 0.3 is 0 Å². The molecule has 3 saturated heterocycles. The van der Waals surface area contributed by atoms with E-state index >= 15 is 0 Å². The molecule has 3 aromatic rings. The number of carbonyl (C=O) groups is 1. The quantitative estimate of drug-likeness (QED) is 0.0551. The third-order valence-electron chi connectivity index (χ3n) is 11.6. The van der Waals surface area contributed by atoms with E-state index < -0.39 is 11.7 Å². The van der Waals surface area contributed by atoms with Gasteiger partial charge in [-0.1, -0.05) is 73.5 Å². The van der Waals surface area contributed by atoms with Gasteiger partial charge in [0.2, 0.25) is 6.41 Å². The van der Waals surface area contributed by atoms with Crippen molar-refractivity contribution in [1.29, 1.82) is 0 Å². The molecular formula is C40H54N3O6+. The number of benzene rings is 3. The van der Waals surface area contributed by atoms with Crippen molar-refractivity contribution >= 4 is 12.1 Å². The minimum Gasteiger partial charge on any atom is -0.506 e. The van der Waals surface area contributed by atoms with Crippen LogP contribution in [0.2, 0.25) is 0 Å². The minimum absolute atomic E-state index is 0.0177. The number of aliphatic hydroxyl groups excluding tert-OH is 1. The van der Waals surface area contributed by atoms with E-state index in [1.54, 1.807) is 12.1 Å². The Morgan fingerprint density at radius 1 is 0.980 bits per heavy atom. The summed E-state index contributed by atoms with van der Waals surface area (Å²) >= 11 is 0. The first-order valence-corrected chi connectivity index (χ1v) is 18.1. The number of hydrogen-bond acceptors (Lipinski definition) is 7. The molecule has 7 rings (SSSR count). The first kappa shape index (κ1) is 35.5. The van der Waals surface area contributed by atoms with Crippen molar-refractivity contribution in [1.82, 2.24) is 5.32 Å². The van der Waals surface area contributed by atoms with Crippen molar-refractivity contribution in [2.24, 2.45) is 11.8 Å². The number of fused-ring (bicyclic) bond motifs is 3. The smallest absolute Gasteiger partial charge is 0.211 e. The van der Waals surface area contributed by atoms with Gasteiger partial charge in [-0.15, -0.1) is 0 Å². The summed E-state index contributed by atoms with van der Waals surface area (Å²) in [7, 11) is 0. The van der Waals surface area contributed by atoms with Gasteiger partial charge in [-0.2, -0.15) is 0 Å². The van der Waals surface area contributed by atoms with Crippen LogP contribution in [-0.4, -0.2) is 78.3 Å². The molecule has 0 radical (unpaired) electrons. The fourth-order valence-corrected chi connectivity index (χ4v) is 8.34. The Labute approximate surface area is 290 Å². The van der Waals surface area contributed by atoms with E-state index in [4.69, 9.17) is 9.47 Å². The number of phenols is 1. The lowest BCUT2D eigenvalue weighted by Gasteiger charge is -2.52. The van der Waals surface area contributed by atoms with Crippen LogP contribution in [0.15, 0.2) is 72.8 Å². The molecule has 0 aromatic heterocycles. The molecule has 1 saturated carbocycles. The highest BCUT2D eigenvalue weighted by Crippen LogP contribution is 2.42. The lowest BCUT2D eigenvalue weighted by molar-refractivity contribution is -0.946. The number of nitrogens with one attached hydrogen (secondary N) is 2. The van der Waals surface area contributed by atoms with Crippen LogP contribution in [0.4, 0.5) is 5.69 Å². The predicted molar refractivity (Wildman–Crippen MR) is 190 cm³/mol. The second-order valence-corrected chi connectivity index (χ2v) is 14.6. The maximum atomic E-state index is 12.0. The van der Waals surface area contributed by atoms with Crippen LogP contribution in [-0.2, 0) is 26.5 Å². The van der Waals surface area contributed by atoms with Gasteiger partial charge in [-0.3, -0.25) is 4.79 Å². The molecule has 4 aliphatic rings. The summed E-state index contributed by atoms with van der Waals surface area (Å²) in [5.74, 6) is 0.790. The molecule has 4 fully saturated rings. The topological polar surface area (TPSA) is 120 Å². The van der Waals surface area contributed by atoms with Crippen molar-refractivity contribution < 1.29 is 34.1 Å². The standard InChI is InChI=1S/C40H53N3O6/c1-29(41-24-38(46)33-15-16-37(45)36(23-33)42-28-44)31-13-11-30(12-14-31)26-48-22-21-43-19-17-32(18-20-43)39(25-43)49-27-40(47,35-9-5-6-10-35)34-7-3-2-4-8-34/h2-4,7-8,11-16,23,28-29,32,35,38-39,41,46-47H,5-6,9-10,17-22,24-27H2,1H3,(H-,42,44,45)/p+1/t29-,32?,38-,39-,40+,43?/m0/s1. The molecule has 264 valence electrons. The van der Waals surface area contributed by atoms with Gasteiger partial charge in [0.15, 0.2) is 0 Å². The van der Waals surface area contributed by atoms with Crippen molar-refractivity contribution in [3.8, 4) is 5.75 Å². The molecule has 1 aliphatic carbocycles. The molecule has 0 spiro atoms. The van der Waals surface area contributed by atoms with Crippen molar-refractivity contribution in [2.75, 3.05) is 51.3 Å². The monoisotopic (exact) mass is 672 g/mol. The molecule has 0 unspecified atom stereocenters. The van der Waals surface area contributed by atoms with Gasteiger partial charge in [0.25, 0.3) is 0 Å². The van der Waals surface area contributed by atoms with Crippen LogP contribution >= 0.6 is 0 Å². The number of nitrogens with zero attached hydrogens (tertiary/aromatic N) is 1. The van der Waals surface area contributed by atoms with E-state index in [0.29, 0.717) is 44.3 Å². The summed E-state index contributed by atoms with van der Waals surface area (Å²) in [6.45, 7) is 8.35. The molecule has 49 heavy (non-hydrogen) atoms. The largest absolute Gasteiger partial charge is 0.506 e. The highest BCUT2D eigenvalue weighted by molar-refractivity contribution is 5.75. The van der Waals surface area contributed by atoms with E-state index in [1.807, 2.05) is 18.2 Å². The molecule has 3 heterocycles. The van der Waals surface area contributed by atoms with E-state index in [0.717, 1.165) is 47.1 Å². The molecule has 3 aliphatic heterocycles. The highest BCUT2D eigenvalue weighted by Gasteiger charge is 2.48. The number of anilines is 1.